The lowest BCUT2D eigenvalue weighted by atomic mass is 10.1. The highest BCUT2D eigenvalue weighted by molar-refractivity contribution is 5.56. The van der Waals surface area contributed by atoms with Crippen LogP contribution in [-0.2, 0) is 11.2 Å². The highest BCUT2D eigenvalue weighted by atomic mass is 16.6. The number of benzene rings is 1. The Balaban J connectivity index is 2.27. The molecule has 17 heavy (non-hydrogen) atoms. The van der Waals surface area contributed by atoms with Crippen molar-refractivity contribution in [3.05, 3.63) is 33.9 Å². The minimum absolute atomic E-state index is 0.213. The average molecular weight is 236 g/mol. The molecule has 1 aliphatic heterocycles. The summed E-state index contributed by atoms with van der Waals surface area (Å²) in [5, 5.41) is 10.8. The molecule has 0 saturated carbocycles. The molecule has 0 N–H and O–H groups in total. The van der Waals surface area contributed by atoms with Crippen molar-refractivity contribution in [2.45, 2.75) is 13.3 Å². The summed E-state index contributed by atoms with van der Waals surface area (Å²) in [7, 11) is 0. The maximum Gasteiger partial charge on any atom is 0.272 e. The summed E-state index contributed by atoms with van der Waals surface area (Å²) in [4.78, 5) is 12.7. The van der Waals surface area contributed by atoms with Crippen LogP contribution in [0.4, 0.5) is 11.4 Å². The fourth-order valence-electron chi connectivity index (χ4n) is 2.05. The minimum Gasteiger partial charge on any atom is -0.378 e. The number of nitro benzene ring substituents is 1. The first-order chi connectivity index (χ1) is 8.22. The van der Waals surface area contributed by atoms with Crippen LogP contribution in [0.15, 0.2) is 18.2 Å². The Bertz CT molecular complexity index is 414. The summed E-state index contributed by atoms with van der Waals surface area (Å²) in [6.45, 7) is 5.07. The van der Waals surface area contributed by atoms with Crippen LogP contribution in [-0.4, -0.2) is 31.2 Å². The third kappa shape index (κ3) is 2.55. The van der Waals surface area contributed by atoms with E-state index in [9.17, 15) is 10.1 Å². The molecule has 1 aromatic rings. The van der Waals surface area contributed by atoms with Crippen LogP contribution in [0.1, 0.15) is 12.5 Å². The minimum atomic E-state index is -0.318. The molecule has 1 fully saturated rings. The molecule has 0 radical (unpaired) electrons. The third-order valence-corrected chi connectivity index (χ3v) is 3.02. The van der Waals surface area contributed by atoms with Gasteiger partial charge in [-0.05, 0) is 18.6 Å². The van der Waals surface area contributed by atoms with Gasteiger partial charge in [0.1, 0.15) is 0 Å². The Morgan fingerprint density at radius 2 is 2.12 bits per heavy atom. The van der Waals surface area contributed by atoms with E-state index in [0.717, 1.165) is 37.6 Å². The van der Waals surface area contributed by atoms with Gasteiger partial charge >= 0.3 is 0 Å². The number of ether oxygens (including phenoxy) is 1. The SMILES string of the molecule is CCc1cc(N2CCOCC2)ccc1[N+](=O)[O-]. The summed E-state index contributed by atoms with van der Waals surface area (Å²) in [6, 6.07) is 5.34. The molecule has 1 heterocycles. The van der Waals surface area contributed by atoms with E-state index in [-0.39, 0.29) is 10.6 Å². The zero-order chi connectivity index (χ0) is 12.3. The van der Waals surface area contributed by atoms with Crippen molar-refractivity contribution in [3.8, 4) is 0 Å². The fourth-order valence-corrected chi connectivity index (χ4v) is 2.05. The van der Waals surface area contributed by atoms with E-state index in [2.05, 4.69) is 4.90 Å². The molecule has 0 amide bonds. The van der Waals surface area contributed by atoms with Gasteiger partial charge in [0.25, 0.3) is 5.69 Å². The van der Waals surface area contributed by atoms with Gasteiger partial charge in [0, 0.05) is 30.4 Å². The lowest BCUT2D eigenvalue weighted by Crippen LogP contribution is -2.36. The van der Waals surface area contributed by atoms with Gasteiger partial charge < -0.3 is 9.64 Å². The van der Waals surface area contributed by atoms with Crippen molar-refractivity contribution in [2.24, 2.45) is 0 Å². The maximum atomic E-state index is 10.8. The summed E-state index contributed by atoms with van der Waals surface area (Å²) < 4.78 is 5.29. The monoisotopic (exact) mass is 236 g/mol. The van der Waals surface area contributed by atoms with E-state index in [4.69, 9.17) is 4.74 Å². The van der Waals surface area contributed by atoms with Gasteiger partial charge in [-0.1, -0.05) is 6.92 Å². The maximum absolute atomic E-state index is 10.8. The van der Waals surface area contributed by atoms with E-state index in [1.54, 1.807) is 6.07 Å². The predicted molar refractivity (Wildman–Crippen MR) is 65.5 cm³/mol. The highest BCUT2D eigenvalue weighted by Crippen LogP contribution is 2.25. The van der Waals surface area contributed by atoms with E-state index < -0.39 is 0 Å². The summed E-state index contributed by atoms with van der Waals surface area (Å²) in [5.41, 5.74) is 2.05. The first kappa shape index (κ1) is 11.9. The number of nitrogens with zero attached hydrogens (tertiary/aromatic N) is 2. The molecule has 1 saturated heterocycles. The summed E-state index contributed by atoms with van der Waals surface area (Å²) in [5.74, 6) is 0. The van der Waals surface area contributed by atoms with Gasteiger partial charge in [0.2, 0.25) is 0 Å². The number of nitro groups is 1. The zero-order valence-electron chi connectivity index (χ0n) is 9.89. The Morgan fingerprint density at radius 3 is 2.71 bits per heavy atom. The fraction of sp³-hybridized carbons (Fsp3) is 0.500. The van der Waals surface area contributed by atoms with Crippen LogP contribution < -0.4 is 4.90 Å². The number of morpholine rings is 1. The van der Waals surface area contributed by atoms with Gasteiger partial charge in [-0.25, -0.2) is 0 Å². The molecule has 0 spiro atoms. The second kappa shape index (κ2) is 5.14. The Morgan fingerprint density at radius 1 is 1.41 bits per heavy atom. The van der Waals surface area contributed by atoms with Crippen molar-refractivity contribution < 1.29 is 9.66 Å². The highest BCUT2D eigenvalue weighted by Gasteiger charge is 2.16. The van der Waals surface area contributed by atoms with Gasteiger partial charge in [0.15, 0.2) is 0 Å². The quantitative estimate of drug-likeness (QED) is 0.595. The van der Waals surface area contributed by atoms with Crippen LogP contribution >= 0.6 is 0 Å². The number of hydrogen-bond acceptors (Lipinski definition) is 4. The summed E-state index contributed by atoms with van der Waals surface area (Å²) in [6.07, 6.45) is 0.675. The lowest BCUT2D eigenvalue weighted by Gasteiger charge is -2.29. The normalized spacial score (nSPS) is 15.9. The Kier molecular flexibility index (Phi) is 3.58. The van der Waals surface area contributed by atoms with Crippen molar-refractivity contribution in [1.82, 2.24) is 0 Å². The van der Waals surface area contributed by atoms with Gasteiger partial charge in [0.05, 0.1) is 18.1 Å². The number of rotatable bonds is 3. The molecule has 5 nitrogen and oxygen atoms in total. The molecule has 0 aromatic heterocycles. The molecule has 0 atom stereocenters. The van der Waals surface area contributed by atoms with Crippen LogP contribution in [0.2, 0.25) is 0 Å². The van der Waals surface area contributed by atoms with Crippen molar-refractivity contribution in [2.75, 3.05) is 31.2 Å². The van der Waals surface area contributed by atoms with E-state index >= 15 is 0 Å². The first-order valence-electron chi connectivity index (χ1n) is 5.82. The molecule has 0 bridgehead atoms. The molecule has 0 unspecified atom stereocenters. The summed E-state index contributed by atoms with van der Waals surface area (Å²) >= 11 is 0. The topological polar surface area (TPSA) is 55.6 Å². The van der Waals surface area contributed by atoms with Gasteiger partial charge in [-0.15, -0.1) is 0 Å². The Labute approximate surface area is 100 Å². The molecule has 2 rings (SSSR count). The first-order valence-corrected chi connectivity index (χ1v) is 5.82. The van der Waals surface area contributed by atoms with Crippen LogP contribution in [0, 0.1) is 10.1 Å². The van der Waals surface area contributed by atoms with E-state index in [1.165, 1.54) is 0 Å². The number of hydrogen-bond donors (Lipinski definition) is 0. The third-order valence-electron chi connectivity index (χ3n) is 3.02. The standard InChI is InChI=1S/C12H16N2O3/c1-2-10-9-11(3-4-12(10)14(15)16)13-5-7-17-8-6-13/h3-4,9H,2,5-8H2,1H3. The average Bonchev–Trinajstić information content (AvgIpc) is 2.39. The predicted octanol–water partition coefficient (Wildman–Crippen LogP) is 1.99. The molecule has 92 valence electrons. The van der Waals surface area contributed by atoms with E-state index in [0.29, 0.717) is 6.42 Å². The smallest absolute Gasteiger partial charge is 0.272 e. The number of aryl methyl sites for hydroxylation is 1. The van der Waals surface area contributed by atoms with E-state index in [1.807, 2.05) is 19.1 Å². The van der Waals surface area contributed by atoms with Crippen molar-refractivity contribution >= 4 is 11.4 Å². The lowest BCUT2D eigenvalue weighted by molar-refractivity contribution is -0.385. The zero-order valence-corrected chi connectivity index (χ0v) is 9.89. The second-order valence-electron chi connectivity index (χ2n) is 4.02. The van der Waals surface area contributed by atoms with Crippen LogP contribution in [0.25, 0.3) is 0 Å². The largest absolute Gasteiger partial charge is 0.378 e. The van der Waals surface area contributed by atoms with Gasteiger partial charge in [-0.2, -0.15) is 0 Å². The van der Waals surface area contributed by atoms with Crippen LogP contribution in [0.3, 0.4) is 0 Å². The van der Waals surface area contributed by atoms with Crippen molar-refractivity contribution in [1.29, 1.82) is 0 Å². The number of anilines is 1. The molecule has 5 heteroatoms. The molecular formula is C12H16N2O3. The Hall–Kier alpha value is -1.62. The molecule has 1 aromatic carbocycles. The van der Waals surface area contributed by atoms with Crippen molar-refractivity contribution in [3.63, 3.8) is 0 Å². The van der Waals surface area contributed by atoms with Gasteiger partial charge in [-0.3, -0.25) is 10.1 Å². The molecular weight excluding hydrogens is 220 g/mol. The second-order valence-corrected chi connectivity index (χ2v) is 4.02. The molecule has 0 aliphatic carbocycles. The molecule has 1 aliphatic rings. The van der Waals surface area contributed by atoms with Crippen LogP contribution in [0.5, 0.6) is 0 Å².